The van der Waals surface area contributed by atoms with E-state index in [1.807, 2.05) is 24.3 Å². The van der Waals surface area contributed by atoms with Gasteiger partial charge in [-0.25, -0.2) is 0 Å². The van der Waals surface area contributed by atoms with Crippen LogP contribution in [0.2, 0.25) is 0 Å². The smallest absolute Gasteiger partial charge is 0.264 e. The monoisotopic (exact) mass is 276 g/mol. The Hall–Kier alpha value is -1.75. The normalized spacial score (nSPS) is 25.0. The Kier molecular flexibility index (Phi) is 4.06. The van der Waals surface area contributed by atoms with Gasteiger partial charge in [0.2, 0.25) is 6.10 Å². The molecule has 2 atom stereocenters. The predicted molar refractivity (Wildman–Crippen MR) is 75.0 cm³/mol. The first kappa shape index (κ1) is 13.2. The maximum Gasteiger partial charge on any atom is 0.264 e. The van der Waals surface area contributed by atoms with Crippen molar-refractivity contribution in [3.8, 4) is 11.5 Å². The number of carbonyl (C=O) groups is 1. The fraction of sp³-hybridized carbons (Fsp3) is 0.533. The first-order valence-corrected chi connectivity index (χ1v) is 7.22. The van der Waals surface area contributed by atoms with Crippen molar-refractivity contribution in [2.75, 3.05) is 19.7 Å². The third kappa shape index (κ3) is 3.04. The standard InChI is InChI=1S/C15H20N2O3/c18-15(17-9-11-5-3-4-8-16-11)14-10-19-12-6-1-2-7-13(12)20-14/h1-2,6-7,11,14,16H,3-5,8-10H2,(H,17,18). The maximum absolute atomic E-state index is 12.1. The summed E-state index contributed by atoms with van der Waals surface area (Å²) in [5.41, 5.74) is 0. The highest BCUT2D eigenvalue weighted by Gasteiger charge is 2.27. The van der Waals surface area contributed by atoms with Crippen LogP contribution in [0.15, 0.2) is 24.3 Å². The van der Waals surface area contributed by atoms with E-state index in [4.69, 9.17) is 9.47 Å². The highest BCUT2D eigenvalue weighted by Crippen LogP contribution is 2.30. The van der Waals surface area contributed by atoms with Gasteiger partial charge in [-0.2, -0.15) is 0 Å². The van der Waals surface area contributed by atoms with Gasteiger partial charge in [-0.1, -0.05) is 18.6 Å². The quantitative estimate of drug-likeness (QED) is 0.867. The van der Waals surface area contributed by atoms with Crippen LogP contribution in [-0.4, -0.2) is 37.7 Å². The molecule has 1 fully saturated rings. The van der Waals surface area contributed by atoms with Gasteiger partial charge in [0.05, 0.1) is 0 Å². The zero-order chi connectivity index (χ0) is 13.8. The van der Waals surface area contributed by atoms with Gasteiger partial charge in [-0.3, -0.25) is 4.79 Å². The number of ether oxygens (including phenoxy) is 2. The number of carbonyl (C=O) groups excluding carboxylic acids is 1. The first-order valence-electron chi connectivity index (χ1n) is 7.22. The second kappa shape index (κ2) is 6.13. The van der Waals surface area contributed by atoms with Crippen LogP contribution in [0.25, 0.3) is 0 Å². The fourth-order valence-corrected chi connectivity index (χ4v) is 2.58. The summed E-state index contributed by atoms with van der Waals surface area (Å²) in [6, 6.07) is 7.79. The Morgan fingerprint density at radius 2 is 2.15 bits per heavy atom. The number of benzene rings is 1. The molecule has 20 heavy (non-hydrogen) atoms. The zero-order valence-electron chi connectivity index (χ0n) is 11.4. The summed E-state index contributed by atoms with van der Waals surface area (Å²) in [7, 11) is 0. The molecule has 2 aliphatic heterocycles. The zero-order valence-corrected chi connectivity index (χ0v) is 11.4. The minimum Gasteiger partial charge on any atom is -0.485 e. The van der Waals surface area contributed by atoms with Crippen molar-refractivity contribution in [3.05, 3.63) is 24.3 Å². The molecule has 3 rings (SSSR count). The van der Waals surface area contributed by atoms with Gasteiger partial charge in [0.1, 0.15) is 6.61 Å². The Bertz CT molecular complexity index is 472. The minimum absolute atomic E-state index is 0.105. The number of fused-ring (bicyclic) bond motifs is 1. The Balaban J connectivity index is 1.51. The molecule has 0 bridgehead atoms. The molecule has 2 aliphatic rings. The maximum atomic E-state index is 12.1. The summed E-state index contributed by atoms with van der Waals surface area (Å²) < 4.78 is 11.2. The summed E-state index contributed by atoms with van der Waals surface area (Å²) in [5.74, 6) is 1.23. The van der Waals surface area contributed by atoms with Gasteiger partial charge in [0.25, 0.3) is 5.91 Å². The summed E-state index contributed by atoms with van der Waals surface area (Å²) in [6.45, 7) is 1.96. The van der Waals surface area contributed by atoms with Crippen LogP contribution >= 0.6 is 0 Å². The highest BCUT2D eigenvalue weighted by atomic mass is 16.6. The van der Waals surface area contributed by atoms with Crippen LogP contribution < -0.4 is 20.1 Å². The molecule has 0 spiro atoms. The Morgan fingerprint density at radius 1 is 1.30 bits per heavy atom. The number of hydrogen-bond donors (Lipinski definition) is 2. The van der Waals surface area contributed by atoms with Gasteiger partial charge in [0.15, 0.2) is 11.5 Å². The van der Waals surface area contributed by atoms with E-state index in [-0.39, 0.29) is 12.5 Å². The molecule has 108 valence electrons. The molecule has 0 aliphatic carbocycles. The number of piperidine rings is 1. The van der Waals surface area contributed by atoms with Gasteiger partial charge in [-0.05, 0) is 31.5 Å². The SMILES string of the molecule is O=C(NCC1CCCCN1)C1COc2ccccc2O1. The molecule has 0 aromatic heterocycles. The molecule has 1 aromatic rings. The van der Waals surface area contributed by atoms with Crippen molar-refractivity contribution in [2.45, 2.75) is 31.4 Å². The molecular formula is C15H20N2O3. The van der Waals surface area contributed by atoms with Crippen molar-refractivity contribution < 1.29 is 14.3 Å². The molecule has 2 unspecified atom stereocenters. The van der Waals surface area contributed by atoms with Crippen LogP contribution in [-0.2, 0) is 4.79 Å². The minimum atomic E-state index is -0.562. The molecule has 0 saturated carbocycles. The van der Waals surface area contributed by atoms with Crippen molar-refractivity contribution in [3.63, 3.8) is 0 Å². The van der Waals surface area contributed by atoms with Crippen molar-refractivity contribution >= 4 is 5.91 Å². The van der Waals surface area contributed by atoms with Crippen LogP contribution in [0.4, 0.5) is 0 Å². The van der Waals surface area contributed by atoms with Crippen molar-refractivity contribution in [1.82, 2.24) is 10.6 Å². The van der Waals surface area contributed by atoms with E-state index in [0.29, 0.717) is 24.1 Å². The van der Waals surface area contributed by atoms with Gasteiger partial charge >= 0.3 is 0 Å². The van der Waals surface area contributed by atoms with E-state index >= 15 is 0 Å². The lowest BCUT2D eigenvalue weighted by Gasteiger charge is -2.27. The Labute approximate surface area is 118 Å². The summed E-state index contributed by atoms with van der Waals surface area (Å²) in [4.78, 5) is 12.1. The second-order valence-corrected chi connectivity index (χ2v) is 5.26. The molecule has 1 saturated heterocycles. The van der Waals surface area contributed by atoms with E-state index in [2.05, 4.69) is 10.6 Å². The summed E-state index contributed by atoms with van der Waals surface area (Å²) in [6.07, 6.45) is 3.00. The number of amides is 1. The lowest BCUT2D eigenvalue weighted by atomic mass is 10.1. The topological polar surface area (TPSA) is 59.6 Å². The highest BCUT2D eigenvalue weighted by molar-refractivity contribution is 5.81. The molecule has 2 N–H and O–H groups in total. The average molecular weight is 276 g/mol. The third-order valence-electron chi connectivity index (χ3n) is 3.74. The predicted octanol–water partition coefficient (Wildman–Crippen LogP) is 1.08. The number of nitrogens with one attached hydrogen (secondary N) is 2. The van der Waals surface area contributed by atoms with Gasteiger partial charge < -0.3 is 20.1 Å². The number of rotatable bonds is 3. The average Bonchev–Trinajstić information content (AvgIpc) is 2.53. The summed E-state index contributed by atoms with van der Waals surface area (Å²) in [5, 5.41) is 6.35. The molecule has 2 heterocycles. The lowest BCUT2D eigenvalue weighted by molar-refractivity contribution is -0.130. The molecule has 5 nitrogen and oxygen atoms in total. The van der Waals surface area contributed by atoms with E-state index in [0.717, 1.165) is 13.0 Å². The Morgan fingerprint density at radius 3 is 2.95 bits per heavy atom. The summed E-state index contributed by atoms with van der Waals surface area (Å²) >= 11 is 0. The second-order valence-electron chi connectivity index (χ2n) is 5.26. The largest absolute Gasteiger partial charge is 0.485 e. The van der Waals surface area contributed by atoms with E-state index < -0.39 is 6.10 Å². The van der Waals surface area contributed by atoms with Crippen LogP contribution in [0.1, 0.15) is 19.3 Å². The first-order chi connectivity index (χ1) is 9.83. The third-order valence-corrected chi connectivity index (χ3v) is 3.74. The number of para-hydroxylation sites is 2. The molecular weight excluding hydrogens is 256 g/mol. The van der Waals surface area contributed by atoms with Crippen LogP contribution in [0, 0.1) is 0 Å². The molecule has 0 radical (unpaired) electrons. The molecule has 1 aromatic carbocycles. The van der Waals surface area contributed by atoms with Crippen LogP contribution in [0.5, 0.6) is 11.5 Å². The van der Waals surface area contributed by atoms with E-state index in [9.17, 15) is 4.79 Å². The van der Waals surface area contributed by atoms with Gasteiger partial charge in [0, 0.05) is 12.6 Å². The van der Waals surface area contributed by atoms with E-state index in [1.54, 1.807) is 0 Å². The van der Waals surface area contributed by atoms with Gasteiger partial charge in [-0.15, -0.1) is 0 Å². The fourth-order valence-electron chi connectivity index (χ4n) is 2.58. The van der Waals surface area contributed by atoms with Crippen LogP contribution in [0.3, 0.4) is 0 Å². The molecule has 1 amide bonds. The van der Waals surface area contributed by atoms with Crippen molar-refractivity contribution in [2.24, 2.45) is 0 Å². The molecule has 5 heteroatoms. The van der Waals surface area contributed by atoms with E-state index in [1.165, 1.54) is 12.8 Å². The lowest BCUT2D eigenvalue weighted by Crippen LogP contribution is -2.49. The number of hydrogen-bond acceptors (Lipinski definition) is 4. The van der Waals surface area contributed by atoms with Crippen molar-refractivity contribution in [1.29, 1.82) is 0 Å².